The number of aromatic nitrogens is 2. The van der Waals surface area contributed by atoms with Crippen LogP contribution in [0.3, 0.4) is 0 Å². The van der Waals surface area contributed by atoms with Crippen molar-refractivity contribution < 1.29 is 0 Å². The molecule has 0 spiro atoms. The molecular formula is C25H29N3. The van der Waals surface area contributed by atoms with Crippen molar-refractivity contribution in [3.8, 4) is 0 Å². The highest BCUT2D eigenvalue weighted by molar-refractivity contribution is 5.87. The fourth-order valence-electron chi connectivity index (χ4n) is 6.33. The summed E-state index contributed by atoms with van der Waals surface area (Å²) in [5.74, 6) is 2.34. The Morgan fingerprint density at radius 1 is 1.00 bits per heavy atom. The molecule has 0 amide bonds. The summed E-state index contributed by atoms with van der Waals surface area (Å²) in [6.07, 6.45) is 5.90. The van der Waals surface area contributed by atoms with E-state index in [1.807, 2.05) is 0 Å². The lowest BCUT2D eigenvalue weighted by molar-refractivity contribution is 0.103. The number of pyridine rings is 1. The Kier molecular flexibility index (Phi) is 3.71. The Bertz CT molecular complexity index is 1030. The molecule has 5 heterocycles. The molecule has 7 rings (SSSR count). The molecule has 0 saturated carbocycles. The third-order valence-corrected chi connectivity index (χ3v) is 7.40. The molecule has 28 heavy (non-hydrogen) atoms. The Morgan fingerprint density at radius 2 is 1.86 bits per heavy atom. The van der Waals surface area contributed by atoms with E-state index in [0.29, 0.717) is 5.92 Å². The summed E-state index contributed by atoms with van der Waals surface area (Å²) in [6, 6.07) is 11.5. The predicted molar refractivity (Wildman–Crippen MR) is 114 cm³/mol. The van der Waals surface area contributed by atoms with Crippen LogP contribution in [0, 0.1) is 19.8 Å². The van der Waals surface area contributed by atoms with Gasteiger partial charge in [-0.1, -0.05) is 17.7 Å². The van der Waals surface area contributed by atoms with Gasteiger partial charge in [0.1, 0.15) is 0 Å². The van der Waals surface area contributed by atoms with Gasteiger partial charge in [-0.25, -0.2) is 0 Å². The molecule has 0 N–H and O–H groups in total. The first-order valence-corrected chi connectivity index (χ1v) is 10.9. The lowest BCUT2D eigenvalue weighted by Crippen LogP contribution is -2.44. The van der Waals surface area contributed by atoms with E-state index in [2.05, 4.69) is 64.8 Å². The quantitative estimate of drug-likeness (QED) is 0.659. The second-order valence-electron chi connectivity index (χ2n) is 9.48. The Hall–Kier alpha value is -2.13. The lowest BCUT2D eigenvalue weighted by Gasteiger charge is -2.41. The van der Waals surface area contributed by atoms with E-state index in [1.54, 1.807) is 11.3 Å². The van der Waals surface area contributed by atoms with Gasteiger partial charge in [0.25, 0.3) is 0 Å². The molecule has 2 aromatic heterocycles. The van der Waals surface area contributed by atoms with Crippen LogP contribution in [0.25, 0.3) is 10.9 Å². The molecular weight excluding hydrogens is 342 g/mol. The molecule has 3 nitrogen and oxygen atoms in total. The number of rotatable bonds is 3. The minimum Gasteiger partial charge on any atom is -0.344 e. The van der Waals surface area contributed by atoms with Crippen LogP contribution in [-0.2, 0) is 13.0 Å². The van der Waals surface area contributed by atoms with Crippen LogP contribution in [-0.4, -0.2) is 34.1 Å². The van der Waals surface area contributed by atoms with Crippen LogP contribution in [0.2, 0.25) is 0 Å². The summed E-state index contributed by atoms with van der Waals surface area (Å²) in [6.45, 7) is 9.24. The number of piperidine rings is 2. The number of hydrogen-bond acceptors (Lipinski definition) is 2. The smallest absolute Gasteiger partial charge is 0.0485 e. The summed E-state index contributed by atoms with van der Waals surface area (Å²) in [5.41, 5.74) is 8.67. The molecule has 3 heteroatoms. The standard InChI is InChI=1S/C25H29N3/c1-16-3-6-23-22(9-16)24-20-10-19-11-21(15-27(13-19)14-20)25(24)28(23)8-7-18-5-4-17(2)26-12-18/h3-6,9,12,19-21H,7-8,10-11,13-15H2,1-2H3. The largest absolute Gasteiger partial charge is 0.344 e. The molecule has 1 aliphatic carbocycles. The minimum atomic E-state index is 0.713. The lowest BCUT2D eigenvalue weighted by atomic mass is 9.82. The molecule has 4 aliphatic rings. The van der Waals surface area contributed by atoms with Crippen molar-refractivity contribution in [2.24, 2.45) is 5.92 Å². The van der Waals surface area contributed by atoms with Gasteiger partial charge in [-0.05, 0) is 74.3 Å². The predicted octanol–water partition coefficient (Wildman–Crippen LogP) is 4.80. The Balaban J connectivity index is 1.48. The van der Waals surface area contributed by atoms with Gasteiger partial charge in [-0.2, -0.15) is 0 Å². The highest BCUT2D eigenvalue weighted by Crippen LogP contribution is 2.50. The fourth-order valence-corrected chi connectivity index (χ4v) is 6.33. The monoisotopic (exact) mass is 371 g/mol. The van der Waals surface area contributed by atoms with E-state index in [1.165, 1.54) is 54.5 Å². The second-order valence-corrected chi connectivity index (χ2v) is 9.48. The normalized spacial score (nSPS) is 27.9. The third kappa shape index (κ3) is 2.56. The SMILES string of the molecule is Cc1ccc2c(c1)c1c(n2CCc2ccc(C)nc2)C2CC3CC1CN(C3)C2. The highest BCUT2D eigenvalue weighted by Gasteiger charge is 2.43. The van der Waals surface area contributed by atoms with E-state index in [-0.39, 0.29) is 0 Å². The third-order valence-electron chi connectivity index (χ3n) is 7.40. The molecule has 2 saturated heterocycles. The second kappa shape index (κ2) is 6.18. The minimum absolute atomic E-state index is 0.713. The number of fused-ring (bicyclic) bond motifs is 1. The van der Waals surface area contributed by atoms with Crippen molar-refractivity contribution in [3.05, 3.63) is 64.6 Å². The Morgan fingerprint density at radius 3 is 2.68 bits per heavy atom. The van der Waals surface area contributed by atoms with Crippen LogP contribution in [0.15, 0.2) is 36.5 Å². The number of benzene rings is 1. The van der Waals surface area contributed by atoms with Crippen LogP contribution in [0.5, 0.6) is 0 Å². The molecule has 1 aromatic carbocycles. The van der Waals surface area contributed by atoms with Gasteiger partial charge in [0.05, 0.1) is 0 Å². The van der Waals surface area contributed by atoms with E-state index in [9.17, 15) is 0 Å². The highest BCUT2D eigenvalue weighted by atomic mass is 15.2. The summed E-state index contributed by atoms with van der Waals surface area (Å²) in [5, 5.41) is 1.54. The molecule has 4 unspecified atom stereocenters. The number of aryl methyl sites for hydroxylation is 4. The molecule has 3 aliphatic heterocycles. The van der Waals surface area contributed by atoms with Gasteiger partial charge in [-0.3, -0.25) is 4.98 Å². The van der Waals surface area contributed by atoms with Crippen LogP contribution in [0.4, 0.5) is 0 Å². The molecule has 144 valence electrons. The summed E-state index contributed by atoms with van der Waals surface area (Å²) in [7, 11) is 0. The number of hydrogen-bond donors (Lipinski definition) is 0. The van der Waals surface area contributed by atoms with Gasteiger partial charge in [0.2, 0.25) is 0 Å². The van der Waals surface area contributed by atoms with E-state index in [4.69, 9.17) is 0 Å². The first-order chi connectivity index (χ1) is 13.7. The first-order valence-electron chi connectivity index (χ1n) is 10.9. The van der Waals surface area contributed by atoms with Crippen molar-refractivity contribution in [2.75, 3.05) is 19.6 Å². The van der Waals surface area contributed by atoms with Crippen LogP contribution in [0.1, 0.15) is 52.8 Å². The van der Waals surface area contributed by atoms with E-state index < -0.39 is 0 Å². The average Bonchev–Trinajstić information content (AvgIpc) is 2.89. The summed E-state index contributed by atoms with van der Waals surface area (Å²) < 4.78 is 2.69. The zero-order valence-electron chi connectivity index (χ0n) is 17.0. The molecule has 0 radical (unpaired) electrons. The van der Waals surface area contributed by atoms with Crippen molar-refractivity contribution >= 4 is 10.9 Å². The first kappa shape index (κ1) is 16.8. The maximum atomic E-state index is 4.51. The molecule has 2 fully saturated rings. The van der Waals surface area contributed by atoms with Crippen molar-refractivity contribution in [1.29, 1.82) is 0 Å². The van der Waals surface area contributed by atoms with E-state index >= 15 is 0 Å². The van der Waals surface area contributed by atoms with Gasteiger partial charge < -0.3 is 9.47 Å². The van der Waals surface area contributed by atoms with Crippen molar-refractivity contribution in [1.82, 2.24) is 14.5 Å². The Labute approximate surface area is 167 Å². The van der Waals surface area contributed by atoms with E-state index in [0.717, 1.165) is 30.5 Å². The summed E-state index contributed by atoms with van der Waals surface area (Å²) in [4.78, 5) is 7.26. The molecule has 3 aromatic rings. The van der Waals surface area contributed by atoms with Gasteiger partial charge >= 0.3 is 0 Å². The van der Waals surface area contributed by atoms with Crippen LogP contribution >= 0.6 is 0 Å². The number of nitrogens with zero attached hydrogens (tertiary/aromatic N) is 3. The maximum absolute atomic E-state index is 4.51. The fraction of sp³-hybridized carbons (Fsp3) is 0.480. The van der Waals surface area contributed by atoms with Gasteiger partial charge in [0, 0.05) is 60.6 Å². The zero-order valence-corrected chi connectivity index (χ0v) is 17.0. The summed E-state index contributed by atoms with van der Waals surface area (Å²) >= 11 is 0. The zero-order chi connectivity index (χ0) is 18.8. The van der Waals surface area contributed by atoms with Gasteiger partial charge in [-0.15, -0.1) is 0 Å². The van der Waals surface area contributed by atoms with Crippen LogP contribution < -0.4 is 0 Å². The van der Waals surface area contributed by atoms with Crippen molar-refractivity contribution in [3.63, 3.8) is 0 Å². The molecule has 4 atom stereocenters. The maximum Gasteiger partial charge on any atom is 0.0485 e. The van der Waals surface area contributed by atoms with Crippen molar-refractivity contribution in [2.45, 2.75) is 51.5 Å². The molecule has 4 bridgehead atoms. The van der Waals surface area contributed by atoms with Gasteiger partial charge in [0.15, 0.2) is 0 Å². The average molecular weight is 372 g/mol. The topological polar surface area (TPSA) is 21.1 Å².